The lowest BCUT2D eigenvalue weighted by atomic mass is 10.2. The summed E-state index contributed by atoms with van der Waals surface area (Å²) in [5.41, 5.74) is 2.67. The molecule has 0 bridgehead atoms. The molecular weight excluding hydrogens is 361 g/mol. The zero-order valence-corrected chi connectivity index (χ0v) is 14.2. The number of carbonyl (C=O) groups is 1. The van der Waals surface area contributed by atoms with Crippen molar-refractivity contribution >= 4 is 64.2 Å². The zero-order valence-electron chi connectivity index (χ0n) is 11.9. The van der Waals surface area contributed by atoms with E-state index < -0.39 is 5.97 Å². The van der Waals surface area contributed by atoms with Gasteiger partial charge in [0.25, 0.3) is 0 Å². The number of fused-ring (bicyclic) bond motifs is 1. The van der Waals surface area contributed by atoms with Gasteiger partial charge in [-0.25, -0.2) is 9.78 Å². The first-order valence-electron chi connectivity index (χ1n) is 6.37. The number of methoxy groups -OCH3 is 1. The molecule has 0 radical (unpaired) electrons. The number of aromatic nitrogens is 2. The Morgan fingerprint density at radius 3 is 2.65 bits per heavy atom. The van der Waals surface area contributed by atoms with Crippen LogP contribution in [-0.2, 0) is 4.74 Å². The van der Waals surface area contributed by atoms with E-state index in [2.05, 4.69) is 15.3 Å². The van der Waals surface area contributed by atoms with Gasteiger partial charge in [0.2, 0.25) is 5.95 Å². The van der Waals surface area contributed by atoms with E-state index in [1.807, 2.05) is 0 Å². The largest absolute Gasteiger partial charge is 0.465 e. The third-order valence-electron chi connectivity index (χ3n) is 3.09. The van der Waals surface area contributed by atoms with Crippen molar-refractivity contribution in [1.82, 2.24) is 9.97 Å². The van der Waals surface area contributed by atoms with E-state index in [1.165, 1.54) is 7.11 Å². The van der Waals surface area contributed by atoms with Crippen molar-refractivity contribution in [3.8, 4) is 0 Å². The Labute approximate surface area is 148 Å². The lowest BCUT2D eigenvalue weighted by Crippen LogP contribution is -2.00. The number of H-pyrrole nitrogens is 1. The van der Waals surface area contributed by atoms with Gasteiger partial charge in [0.05, 0.1) is 33.8 Å². The summed E-state index contributed by atoms with van der Waals surface area (Å²) in [6.45, 7) is 0. The van der Waals surface area contributed by atoms with Crippen LogP contribution in [0.3, 0.4) is 0 Å². The highest BCUT2D eigenvalue weighted by Crippen LogP contribution is 2.27. The van der Waals surface area contributed by atoms with E-state index in [0.29, 0.717) is 21.6 Å². The fraction of sp³-hybridized carbons (Fsp3) is 0.0667. The second-order valence-corrected chi connectivity index (χ2v) is 5.38. The molecule has 3 rings (SSSR count). The SMILES string of the molecule is COC(=O)c1ccc2nc(Nc3ccc(Cl)c(Cl)c3)[nH]c2c1.Cl. The van der Waals surface area contributed by atoms with E-state index in [9.17, 15) is 4.79 Å². The maximum Gasteiger partial charge on any atom is 0.337 e. The number of carbonyl (C=O) groups excluding carboxylic acids is 1. The van der Waals surface area contributed by atoms with E-state index in [4.69, 9.17) is 27.9 Å². The van der Waals surface area contributed by atoms with Crippen molar-refractivity contribution in [3.63, 3.8) is 0 Å². The fourth-order valence-corrected chi connectivity index (χ4v) is 2.32. The third-order valence-corrected chi connectivity index (χ3v) is 3.82. The van der Waals surface area contributed by atoms with Crippen LogP contribution < -0.4 is 5.32 Å². The Morgan fingerprint density at radius 1 is 1.17 bits per heavy atom. The third kappa shape index (κ3) is 3.69. The molecule has 3 aromatic rings. The van der Waals surface area contributed by atoms with Crippen molar-refractivity contribution < 1.29 is 9.53 Å². The van der Waals surface area contributed by atoms with Crippen LogP contribution >= 0.6 is 35.6 Å². The number of benzene rings is 2. The molecular formula is C15H12Cl3N3O2. The fourth-order valence-electron chi connectivity index (χ4n) is 2.02. The zero-order chi connectivity index (χ0) is 15.7. The number of ether oxygens (including phenoxy) is 1. The molecule has 0 aliphatic heterocycles. The molecule has 120 valence electrons. The standard InChI is InChI=1S/C15H11Cl2N3O2.ClH/c1-22-14(21)8-2-5-12-13(6-8)20-15(19-12)18-9-3-4-10(16)11(17)7-9;/h2-7H,1H3,(H2,18,19,20);1H. The Bertz CT molecular complexity index is 864. The highest BCUT2D eigenvalue weighted by atomic mass is 35.5. The van der Waals surface area contributed by atoms with Crippen LogP contribution in [0, 0.1) is 0 Å². The van der Waals surface area contributed by atoms with Crippen LogP contribution in [0.15, 0.2) is 36.4 Å². The molecule has 0 saturated carbocycles. The molecule has 23 heavy (non-hydrogen) atoms. The van der Waals surface area contributed by atoms with Crippen molar-refractivity contribution in [2.45, 2.75) is 0 Å². The molecule has 0 aliphatic carbocycles. The van der Waals surface area contributed by atoms with Crippen LogP contribution in [0.4, 0.5) is 11.6 Å². The predicted molar refractivity (Wildman–Crippen MR) is 94.4 cm³/mol. The van der Waals surface area contributed by atoms with E-state index in [1.54, 1.807) is 36.4 Å². The monoisotopic (exact) mass is 371 g/mol. The summed E-state index contributed by atoms with van der Waals surface area (Å²) in [5.74, 6) is 0.144. The Hall–Kier alpha value is -1.95. The Balaban J connectivity index is 0.00000192. The van der Waals surface area contributed by atoms with Gasteiger partial charge in [0.1, 0.15) is 0 Å². The lowest BCUT2D eigenvalue weighted by molar-refractivity contribution is 0.0601. The van der Waals surface area contributed by atoms with Gasteiger partial charge in [-0.15, -0.1) is 12.4 Å². The highest BCUT2D eigenvalue weighted by Gasteiger charge is 2.09. The van der Waals surface area contributed by atoms with Crippen molar-refractivity contribution in [2.75, 3.05) is 12.4 Å². The van der Waals surface area contributed by atoms with Crippen LogP contribution in [0.1, 0.15) is 10.4 Å². The minimum atomic E-state index is -0.393. The molecule has 0 spiro atoms. The second-order valence-electron chi connectivity index (χ2n) is 4.56. The lowest BCUT2D eigenvalue weighted by Gasteiger charge is -2.03. The van der Waals surface area contributed by atoms with Gasteiger partial charge >= 0.3 is 5.97 Å². The number of imidazole rings is 1. The first kappa shape index (κ1) is 17.4. The average molecular weight is 373 g/mol. The van der Waals surface area contributed by atoms with Gasteiger partial charge in [0, 0.05) is 5.69 Å². The van der Waals surface area contributed by atoms with Crippen LogP contribution in [-0.4, -0.2) is 23.0 Å². The molecule has 0 aliphatic rings. The molecule has 2 N–H and O–H groups in total. The van der Waals surface area contributed by atoms with E-state index in [-0.39, 0.29) is 12.4 Å². The highest BCUT2D eigenvalue weighted by molar-refractivity contribution is 6.42. The van der Waals surface area contributed by atoms with Crippen molar-refractivity contribution in [2.24, 2.45) is 0 Å². The second kappa shape index (κ2) is 7.08. The number of rotatable bonds is 3. The maximum absolute atomic E-state index is 11.5. The summed E-state index contributed by atoms with van der Waals surface area (Å²) < 4.78 is 4.70. The summed E-state index contributed by atoms with van der Waals surface area (Å²) in [4.78, 5) is 19.0. The molecule has 0 saturated heterocycles. The van der Waals surface area contributed by atoms with E-state index >= 15 is 0 Å². The minimum absolute atomic E-state index is 0. The number of nitrogens with zero attached hydrogens (tertiary/aromatic N) is 1. The number of anilines is 2. The Kier molecular flexibility index (Phi) is 5.36. The molecule has 0 unspecified atom stereocenters. The maximum atomic E-state index is 11.5. The van der Waals surface area contributed by atoms with Gasteiger partial charge in [-0.05, 0) is 36.4 Å². The molecule has 0 fully saturated rings. The Morgan fingerprint density at radius 2 is 1.96 bits per heavy atom. The molecule has 2 aromatic carbocycles. The van der Waals surface area contributed by atoms with Gasteiger partial charge < -0.3 is 15.0 Å². The minimum Gasteiger partial charge on any atom is -0.465 e. The topological polar surface area (TPSA) is 67.0 Å². The summed E-state index contributed by atoms with van der Waals surface area (Å²) in [6.07, 6.45) is 0. The normalized spacial score (nSPS) is 10.2. The smallest absolute Gasteiger partial charge is 0.337 e. The number of esters is 1. The first-order valence-corrected chi connectivity index (χ1v) is 7.12. The number of hydrogen-bond donors (Lipinski definition) is 2. The van der Waals surface area contributed by atoms with Crippen molar-refractivity contribution in [3.05, 3.63) is 52.0 Å². The average Bonchev–Trinajstić information content (AvgIpc) is 2.91. The summed E-state index contributed by atoms with van der Waals surface area (Å²) >= 11 is 11.9. The molecule has 1 aromatic heterocycles. The predicted octanol–water partition coefficient (Wildman–Crippen LogP) is 4.82. The number of aromatic amines is 1. The molecule has 1 heterocycles. The van der Waals surface area contributed by atoms with E-state index in [0.717, 1.165) is 16.7 Å². The van der Waals surface area contributed by atoms with Gasteiger partial charge in [-0.1, -0.05) is 23.2 Å². The van der Waals surface area contributed by atoms with Crippen molar-refractivity contribution in [1.29, 1.82) is 0 Å². The van der Waals surface area contributed by atoms with Gasteiger partial charge in [0.15, 0.2) is 0 Å². The number of nitrogens with one attached hydrogen (secondary N) is 2. The van der Waals surface area contributed by atoms with Crippen LogP contribution in [0.25, 0.3) is 11.0 Å². The molecule has 0 amide bonds. The summed E-state index contributed by atoms with van der Waals surface area (Å²) in [5, 5.41) is 4.04. The molecule has 5 nitrogen and oxygen atoms in total. The van der Waals surface area contributed by atoms with Crippen LogP contribution in [0.5, 0.6) is 0 Å². The first-order chi connectivity index (χ1) is 10.6. The quantitative estimate of drug-likeness (QED) is 0.647. The van der Waals surface area contributed by atoms with Gasteiger partial charge in [-0.2, -0.15) is 0 Å². The summed E-state index contributed by atoms with van der Waals surface area (Å²) in [7, 11) is 1.34. The molecule has 0 atom stereocenters. The van der Waals surface area contributed by atoms with Gasteiger partial charge in [-0.3, -0.25) is 0 Å². The number of halogens is 3. The molecule has 8 heteroatoms. The number of hydrogen-bond acceptors (Lipinski definition) is 4. The summed E-state index contributed by atoms with van der Waals surface area (Å²) in [6, 6.07) is 10.3. The van der Waals surface area contributed by atoms with Crippen LogP contribution in [0.2, 0.25) is 10.0 Å².